The molecule has 0 aromatic heterocycles. The second kappa shape index (κ2) is 11.3. The van der Waals surface area contributed by atoms with Crippen molar-refractivity contribution in [2.45, 2.75) is 24.9 Å². The lowest BCUT2D eigenvalue weighted by Gasteiger charge is -2.44. The Morgan fingerprint density at radius 2 is 1.16 bits per heavy atom. The molecule has 3 aromatic carbocycles. The molecule has 0 aliphatic heterocycles. The Balaban J connectivity index is 0.000000614. The van der Waals surface area contributed by atoms with Crippen LogP contribution in [0, 0.1) is 0 Å². The molecule has 0 fully saturated rings. The van der Waals surface area contributed by atoms with Crippen molar-refractivity contribution in [3.63, 3.8) is 0 Å². The first-order valence-corrected chi connectivity index (χ1v) is 10.6. The van der Waals surface area contributed by atoms with Crippen LogP contribution in [-0.2, 0) is 10.3 Å². The molecular weight excluding hydrogens is 385 g/mol. The summed E-state index contributed by atoms with van der Waals surface area (Å²) >= 11 is 0. The average molecular weight is 419 g/mol. The molecule has 5 heteroatoms. The topological polar surface area (TPSA) is 52.5 Å². The van der Waals surface area contributed by atoms with E-state index in [0.717, 1.165) is 27.6 Å². The predicted octanol–water partition coefficient (Wildman–Crippen LogP) is 3.80. The van der Waals surface area contributed by atoms with Gasteiger partial charge in [-0.25, -0.2) is 0 Å². The molecule has 0 heterocycles. The summed E-state index contributed by atoms with van der Waals surface area (Å²) in [4.78, 5) is 0. The van der Waals surface area contributed by atoms with Crippen LogP contribution in [0.25, 0.3) is 0 Å². The molecule has 3 aromatic rings. The zero-order chi connectivity index (χ0) is 22.9. The largest absolute Gasteiger partial charge is 0.832 e. The van der Waals surface area contributed by atoms with Crippen LogP contribution in [0.1, 0.15) is 36.0 Å². The maximum Gasteiger partial charge on any atom is 0.343 e. The zero-order valence-electron chi connectivity index (χ0n) is 19.2. The number of hydrogen-bond donors (Lipinski definition) is 1. The number of hydrogen-bond acceptors (Lipinski definition) is 3. The molecule has 1 N–H and O–H groups in total. The monoisotopic (exact) mass is 419 g/mol. The minimum absolute atomic E-state index is 0.142. The Morgan fingerprint density at radius 3 is 1.48 bits per heavy atom. The smallest absolute Gasteiger partial charge is 0.343 e. The second-order valence-corrected chi connectivity index (χ2v) is 8.95. The van der Waals surface area contributed by atoms with E-state index in [0.29, 0.717) is 0 Å². The molecule has 0 amide bonds. The summed E-state index contributed by atoms with van der Waals surface area (Å²) in [6.07, 6.45) is 0.737. The van der Waals surface area contributed by atoms with Crippen LogP contribution in [0.3, 0.4) is 0 Å². The van der Waals surface area contributed by atoms with Gasteiger partial charge in [0.05, 0.1) is 28.2 Å². The third kappa shape index (κ3) is 7.05. The Hall–Kier alpha value is -2.44. The van der Waals surface area contributed by atoms with Gasteiger partial charge in [0, 0.05) is 5.92 Å². The van der Waals surface area contributed by atoms with E-state index in [-0.39, 0.29) is 5.92 Å². The molecule has 3 rings (SSSR count). The van der Waals surface area contributed by atoms with Crippen LogP contribution in [0.2, 0.25) is 0 Å². The fourth-order valence-electron chi connectivity index (χ4n) is 3.76. The SMILES string of the molecule is CCC(c1ccccc1)C(OB([O-])O)(c1ccccc1)c1ccccc1.C[N+](C)(C)C. The van der Waals surface area contributed by atoms with Crippen molar-refractivity contribution < 1.29 is 19.2 Å². The number of benzene rings is 3. The van der Waals surface area contributed by atoms with Gasteiger partial charge >= 0.3 is 7.32 Å². The Bertz CT molecular complexity index is 835. The standard InChI is InChI=1S/C22H22BO3.C4H12N/c1-2-21(18-12-6-3-7-13-18)22(26-23(24)25,19-14-8-4-9-15-19)20-16-10-5-11-17-20;1-5(2,3)4/h3-17,21,24H,2H2,1H3;1-4H3/q-1;+1. The molecule has 31 heavy (non-hydrogen) atoms. The van der Waals surface area contributed by atoms with E-state index >= 15 is 0 Å². The average Bonchev–Trinajstić information content (AvgIpc) is 2.74. The van der Waals surface area contributed by atoms with Gasteiger partial charge in [-0.05, 0) is 23.1 Å². The molecule has 1 unspecified atom stereocenters. The molecule has 0 aliphatic carbocycles. The molecule has 0 saturated heterocycles. The summed E-state index contributed by atoms with van der Waals surface area (Å²) < 4.78 is 6.82. The lowest BCUT2D eigenvalue weighted by atomic mass is 9.71. The fourth-order valence-corrected chi connectivity index (χ4v) is 3.76. The van der Waals surface area contributed by atoms with E-state index in [2.05, 4.69) is 35.1 Å². The highest BCUT2D eigenvalue weighted by molar-refractivity contribution is 6.30. The van der Waals surface area contributed by atoms with E-state index < -0.39 is 12.9 Å². The van der Waals surface area contributed by atoms with Crippen LogP contribution in [0.5, 0.6) is 0 Å². The highest BCUT2D eigenvalue weighted by Gasteiger charge is 2.43. The van der Waals surface area contributed by atoms with Crippen molar-refractivity contribution in [3.05, 3.63) is 108 Å². The summed E-state index contributed by atoms with van der Waals surface area (Å²) in [5.74, 6) is -0.142. The quantitative estimate of drug-likeness (QED) is 0.468. The van der Waals surface area contributed by atoms with E-state index in [1.165, 1.54) is 0 Å². The maximum atomic E-state index is 11.9. The van der Waals surface area contributed by atoms with Crippen LogP contribution >= 0.6 is 0 Å². The van der Waals surface area contributed by atoms with E-state index in [9.17, 15) is 10.0 Å². The molecule has 1 atom stereocenters. The predicted molar refractivity (Wildman–Crippen MR) is 126 cm³/mol. The second-order valence-electron chi connectivity index (χ2n) is 8.95. The van der Waals surface area contributed by atoms with Crippen molar-refractivity contribution in [3.8, 4) is 0 Å². The maximum absolute atomic E-state index is 11.9. The summed E-state index contributed by atoms with van der Waals surface area (Å²) in [5, 5.41) is 21.6. The molecule has 0 bridgehead atoms. The van der Waals surface area contributed by atoms with Crippen molar-refractivity contribution in [1.29, 1.82) is 0 Å². The summed E-state index contributed by atoms with van der Waals surface area (Å²) in [6, 6.07) is 29.3. The highest BCUT2D eigenvalue weighted by atomic mass is 16.6. The van der Waals surface area contributed by atoms with Crippen molar-refractivity contribution in [1.82, 2.24) is 0 Å². The number of quaternary nitrogens is 1. The molecular formula is C26H34BNO3. The third-order valence-corrected chi connectivity index (χ3v) is 4.79. The molecule has 164 valence electrons. The van der Waals surface area contributed by atoms with E-state index in [1.54, 1.807) is 0 Å². The molecule has 0 aliphatic rings. The zero-order valence-corrected chi connectivity index (χ0v) is 19.2. The molecule has 0 spiro atoms. The van der Waals surface area contributed by atoms with Crippen LogP contribution in [-0.4, -0.2) is 45.0 Å². The van der Waals surface area contributed by atoms with E-state index in [1.807, 2.05) is 91.0 Å². The lowest BCUT2D eigenvalue weighted by molar-refractivity contribution is -0.849. The van der Waals surface area contributed by atoms with Gasteiger partial charge in [-0.3, -0.25) is 0 Å². The van der Waals surface area contributed by atoms with Crippen molar-refractivity contribution >= 4 is 7.32 Å². The third-order valence-electron chi connectivity index (χ3n) is 4.79. The fraction of sp³-hybridized carbons (Fsp3) is 0.308. The van der Waals surface area contributed by atoms with Gasteiger partial charge in [0.2, 0.25) is 0 Å². The van der Waals surface area contributed by atoms with Gasteiger partial charge in [0.15, 0.2) is 0 Å². The number of rotatable bonds is 7. The Kier molecular flexibility index (Phi) is 9.02. The Morgan fingerprint density at radius 1 is 0.806 bits per heavy atom. The van der Waals surface area contributed by atoms with Crippen LogP contribution in [0.15, 0.2) is 91.0 Å². The number of nitrogens with zero attached hydrogens (tertiary/aromatic N) is 1. The normalized spacial score (nSPS) is 12.5. The van der Waals surface area contributed by atoms with Crippen LogP contribution in [0.4, 0.5) is 0 Å². The van der Waals surface area contributed by atoms with E-state index in [4.69, 9.17) is 4.65 Å². The van der Waals surface area contributed by atoms with Crippen molar-refractivity contribution in [2.24, 2.45) is 0 Å². The van der Waals surface area contributed by atoms with Crippen LogP contribution < -0.4 is 5.02 Å². The Labute approximate surface area is 187 Å². The van der Waals surface area contributed by atoms with Gasteiger partial charge in [0.25, 0.3) is 0 Å². The first kappa shape index (κ1) is 24.8. The summed E-state index contributed by atoms with van der Waals surface area (Å²) in [7, 11) is 6.35. The lowest BCUT2D eigenvalue weighted by Crippen LogP contribution is -2.48. The molecule has 0 radical (unpaired) electrons. The van der Waals surface area contributed by atoms with Gasteiger partial charge < -0.3 is 19.2 Å². The van der Waals surface area contributed by atoms with Gasteiger partial charge in [-0.15, -0.1) is 0 Å². The molecule has 0 saturated carbocycles. The van der Waals surface area contributed by atoms with Gasteiger partial charge in [-0.1, -0.05) is 97.9 Å². The summed E-state index contributed by atoms with van der Waals surface area (Å²) in [6.45, 7) is 2.07. The van der Waals surface area contributed by atoms with Gasteiger partial charge in [-0.2, -0.15) is 0 Å². The summed E-state index contributed by atoms with van der Waals surface area (Å²) in [5.41, 5.74) is 1.66. The highest BCUT2D eigenvalue weighted by Crippen LogP contribution is 2.47. The minimum Gasteiger partial charge on any atom is -0.832 e. The molecule has 4 nitrogen and oxygen atoms in total. The first-order chi connectivity index (χ1) is 14.7. The van der Waals surface area contributed by atoms with Gasteiger partial charge in [0.1, 0.15) is 5.60 Å². The minimum atomic E-state index is -2.15. The van der Waals surface area contributed by atoms with Crippen molar-refractivity contribution in [2.75, 3.05) is 28.2 Å². The first-order valence-electron chi connectivity index (χ1n) is 10.6.